The normalized spacial score (nSPS) is 10.2. The molecular weight excluding hydrogens is 204 g/mol. The first-order valence-electron chi connectivity index (χ1n) is 5.18. The van der Waals surface area contributed by atoms with E-state index in [-0.39, 0.29) is 5.91 Å². The Bertz CT molecular complexity index is 389. The lowest BCUT2D eigenvalue weighted by Gasteiger charge is -2.21. The lowest BCUT2D eigenvalue weighted by molar-refractivity contribution is 0.0768. The molecule has 0 aliphatic rings. The number of nitrogens with two attached hydrogens (primary N) is 1. The highest BCUT2D eigenvalue weighted by Gasteiger charge is 2.20. The van der Waals surface area contributed by atoms with Crippen LogP contribution in [0.4, 0.5) is 5.69 Å². The predicted octanol–water partition coefficient (Wildman–Crippen LogP) is 1.04. The highest BCUT2D eigenvalue weighted by molar-refractivity contribution is 5.97. The topological polar surface area (TPSA) is 64.2 Å². The Kier molecular flexibility index (Phi) is 3.71. The van der Waals surface area contributed by atoms with Gasteiger partial charge in [-0.05, 0) is 13.8 Å². The molecule has 0 saturated carbocycles. The SMILES string of the molecule is C=C(C)CN(CC)C(=O)c1c(N)cnn1C. The molecule has 16 heavy (non-hydrogen) atoms. The summed E-state index contributed by atoms with van der Waals surface area (Å²) in [6.07, 6.45) is 1.49. The molecule has 0 fully saturated rings. The number of anilines is 1. The van der Waals surface area contributed by atoms with Crippen molar-refractivity contribution >= 4 is 11.6 Å². The second-order valence-corrected chi connectivity index (χ2v) is 3.85. The average Bonchev–Trinajstić information content (AvgIpc) is 2.54. The monoisotopic (exact) mass is 222 g/mol. The molecule has 5 nitrogen and oxygen atoms in total. The number of hydrogen-bond donors (Lipinski definition) is 1. The van der Waals surface area contributed by atoms with Gasteiger partial charge in [0.2, 0.25) is 0 Å². The molecule has 1 rings (SSSR count). The van der Waals surface area contributed by atoms with Gasteiger partial charge in [-0.2, -0.15) is 5.10 Å². The second-order valence-electron chi connectivity index (χ2n) is 3.85. The maximum atomic E-state index is 12.2. The van der Waals surface area contributed by atoms with E-state index in [9.17, 15) is 4.79 Å². The van der Waals surface area contributed by atoms with Crippen LogP contribution >= 0.6 is 0 Å². The van der Waals surface area contributed by atoms with Crippen LogP contribution in [0.25, 0.3) is 0 Å². The molecule has 0 saturated heterocycles. The molecule has 0 unspecified atom stereocenters. The van der Waals surface area contributed by atoms with Gasteiger partial charge in [-0.1, -0.05) is 12.2 Å². The molecule has 0 atom stereocenters. The number of hydrogen-bond acceptors (Lipinski definition) is 3. The molecule has 1 aromatic heterocycles. The molecule has 0 aliphatic carbocycles. The fourth-order valence-corrected chi connectivity index (χ4v) is 1.52. The van der Waals surface area contributed by atoms with Gasteiger partial charge in [0.05, 0.1) is 11.9 Å². The first-order valence-corrected chi connectivity index (χ1v) is 5.18. The van der Waals surface area contributed by atoms with E-state index < -0.39 is 0 Å². The number of rotatable bonds is 4. The van der Waals surface area contributed by atoms with Gasteiger partial charge in [-0.15, -0.1) is 0 Å². The maximum absolute atomic E-state index is 12.2. The number of nitrogen functional groups attached to an aromatic ring is 1. The number of aromatic nitrogens is 2. The van der Waals surface area contributed by atoms with Crippen molar-refractivity contribution in [2.24, 2.45) is 7.05 Å². The Morgan fingerprint density at radius 2 is 2.31 bits per heavy atom. The lowest BCUT2D eigenvalue weighted by atomic mass is 10.2. The Hall–Kier alpha value is -1.78. The van der Waals surface area contributed by atoms with Crippen LogP contribution in [-0.2, 0) is 7.05 Å². The minimum atomic E-state index is -0.108. The fraction of sp³-hybridized carbons (Fsp3) is 0.455. The molecule has 0 spiro atoms. The van der Waals surface area contributed by atoms with Crippen molar-refractivity contribution in [2.75, 3.05) is 18.8 Å². The van der Waals surface area contributed by atoms with E-state index in [1.165, 1.54) is 10.9 Å². The van der Waals surface area contributed by atoms with Gasteiger partial charge in [0.25, 0.3) is 5.91 Å². The van der Waals surface area contributed by atoms with Gasteiger partial charge >= 0.3 is 0 Å². The van der Waals surface area contributed by atoms with Crippen molar-refractivity contribution in [1.82, 2.24) is 14.7 Å². The van der Waals surface area contributed by atoms with Gasteiger partial charge in [0, 0.05) is 20.1 Å². The van der Waals surface area contributed by atoms with Crippen LogP contribution in [0, 0.1) is 0 Å². The number of carbonyl (C=O) groups is 1. The van der Waals surface area contributed by atoms with Crippen LogP contribution < -0.4 is 5.73 Å². The van der Waals surface area contributed by atoms with Crippen molar-refractivity contribution in [2.45, 2.75) is 13.8 Å². The highest BCUT2D eigenvalue weighted by Crippen LogP contribution is 2.13. The summed E-state index contributed by atoms with van der Waals surface area (Å²) < 4.78 is 1.50. The summed E-state index contributed by atoms with van der Waals surface area (Å²) in [6.45, 7) is 8.78. The lowest BCUT2D eigenvalue weighted by Crippen LogP contribution is -2.34. The van der Waals surface area contributed by atoms with E-state index >= 15 is 0 Å². The van der Waals surface area contributed by atoms with Crippen LogP contribution in [-0.4, -0.2) is 33.7 Å². The number of amides is 1. The molecule has 1 amide bonds. The van der Waals surface area contributed by atoms with Gasteiger partial charge in [0.1, 0.15) is 5.69 Å². The summed E-state index contributed by atoms with van der Waals surface area (Å²) in [7, 11) is 1.71. The smallest absolute Gasteiger partial charge is 0.274 e. The van der Waals surface area contributed by atoms with Crippen LogP contribution in [0.1, 0.15) is 24.3 Å². The van der Waals surface area contributed by atoms with Crippen molar-refractivity contribution in [3.8, 4) is 0 Å². The summed E-state index contributed by atoms with van der Waals surface area (Å²) >= 11 is 0. The third-order valence-corrected chi connectivity index (χ3v) is 2.30. The van der Waals surface area contributed by atoms with Gasteiger partial charge in [-0.25, -0.2) is 0 Å². The van der Waals surface area contributed by atoms with Gasteiger partial charge in [-0.3, -0.25) is 9.48 Å². The van der Waals surface area contributed by atoms with Gasteiger partial charge < -0.3 is 10.6 Å². The Morgan fingerprint density at radius 3 is 2.69 bits per heavy atom. The first kappa shape index (κ1) is 12.3. The van der Waals surface area contributed by atoms with E-state index in [2.05, 4.69) is 11.7 Å². The van der Waals surface area contributed by atoms with Crippen molar-refractivity contribution < 1.29 is 4.79 Å². The van der Waals surface area contributed by atoms with Crippen molar-refractivity contribution in [1.29, 1.82) is 0 Å². The quantitative estimate of drug-likeness (QED) is 0.774. The molecule has 0 bridgehead atoms. The third-order valence-electron chi connectivity index (χ3n) is 2.30. The van der Waals surface area contributed by atoms with Crippen LogP contribution in [0.15, 0.2) is 18.3 Å². The molecule has 2 N–H and O–H groups in total. The first-order chi connectivity index (χ1) is 7.47. The van der Waals surface area contributed by atoms with E-state index in [0.717, 1.165) is 5.57 Å². The number of aryl methyl sites for hydroxylation is 1. The Morgan fingerprint density at radius 1 is 1.69 bits per heavy atom. The molecule has 1 aromatic rings. The Labute approximate surface area is 95.5 Å². The minimum absolute atomic E-state index is 0.108. The maximum Gasteiger partial charge on any atom is 0.274 e. The molecule has 5 heteroatoms. The zero-order valence-corrected chi connectivity index (χ0v) is 10.0. The van der Waals surface area contributed by atoms with E-state index in [1.807, 2.05) is 13.8 Å². The summed E-state index contributed by atoms with van der Waals surface area (Å²) in [4.78, 5) is 13.8. The molecular formula is C11H18N4O. The minimum Gasteiger partial charge on any atom is -0.396 e. The zero-order chi connectivity index (χ0) is 12.3. The summed E-state index contributed by atoms with van der Waals surface area (Å²) in [5, 5.41) is 3.95. The predicted molar refractivity (Wildman–Crippen MR) is 64.0 cm³/mol. The second kappa shape index (κ2) is 4.83. The summed E-state index contributed by atoms with van der Waals surface area (Å²) in [5.74, 6) is -0.108. The fourth-order valence-electron chi connectivity index (χ4n) is 1.52. The Balaban J connectivity index is 2.95. The van der Waals surface area contributed by atoms with Crippen LogP contribution in [0.2, 0.25) is 0 Å². The molecule has 0 aromatic carbocycles. The van der Waals surface area contributed by atoms with Crippen molar-refractivity contribution in [3.63, 3.8) is 0 Å². The highest BCUT2D eigenvalue weighted by atomic mass is 16.2. The van der Waals surface area contributed by atoms with Crippen LogP contribution in [0.3, 0.4) is 0 Å². The van der Waals surface area contributed by atoms with E-state index in [0.29, 0.717) is 24.5 Å². The standard InChI is InChI=1S/C11H18N4O/c1-5-15(7-8(2)3)11(16)10-9(12)6-13-14(10)4/h6H,2,5,7,12H2,1,3-4H3. The van der Waals surface area contributed by atoms with E-state index in [1.54, 1.807) is 11.9 Å². The molecule has 0 radical (unpaired) electrons. The number of carbonyl (C=O) groups excluding carboxylic acids is 1. The van der Waals surface area contributed by atoms with Crippen molar-refractivity contribution in [3.05, 3.63) is 24.0 Å². The number of likely N-dealkylation sites (N-methyl/N-ethyl adjacent to an activating group) is 1. The molecule has 88 valence electrons. The number of nitrogens with zero attached hydrogens (tertiary/aromatic N) is 3. The largest absolute Gasteiger partial charge is 0.396 e. The van der Waals surface area contributed by atoms with E-state index in [4.69, 9.17) is 5.73 Å². The summed E-state index contributed by atoms with van der Waals surface area (Å²) in [5.41, 5.74) is 7.50. The third kappa shape index (κ3) is 2.42. The summed E-state index contributed by atoms with van der Waals surface area (Å²) in [6, 6.07) is 0. The molecule has 1 heterocycles. The molecule has 0 aliphatic heterocycles. The zero-order valence-electron chi connectivity index (χ0n) is 10.0. The van der Waals surface area contributed by atoms with Crippen LogP contribution in [0.5, 0.6) is 0 Å². The van der Waals surface area contributed by atoms with Gasteiger partial charge in [0.15, 0.2) is 0 Å². The average molecular weight is 222 g/mol.